The first-order valence-corrected chi connectivity index (χ1v) is 4.38. The van der Waals surface area contributed by atoms with Crippen LogP contribution < -0.4 is 5.56 Å². The van der Waals surface area contributed by atoms with Gasteiger partial charge in [-0.2, -0.15) is 0 Å². The van der Waals surface area contributed by atoms with Crippen LogP contribution in [0.3, 0.4) is 0 Å². The second-order valence-corrected chi connectivity index (χ2v) is 3.35. The summed E-state index contributed by atoms with van der Waals surface area (Å²) in [4.78, 5) is 28.3. The summed E-state index contributed by atoms with van der Waals surface area (Å²) in [5.74, 6) is -0.195. The number of amides is 1. The molecule has 2 heterocycles. The second kappa shape index (κ2) is 3.23. The van der Waals surface area contributed by atoms with E-state index < -0.39 is 0 Å². The van der Waals surface area contributed by atoms with E-state index in [0.29, 0.717) is 11.3 Å². The van der Waals surface area contributed by atoms with E-state index in [-0.39, 0.29) is 11.5 Å². The summed E-state index contributed by atoms with van der Waals surface area (Å²) in [6, 6.07) is 2.87. The summed E-state index contributed by atoms with van der Waals surface area (Å²) in [6.45, 7) is 0. The van der Waals surface area contributed by atoms with Gasteiger partial charge in [-0.05, 0) is 0 Å². The van der Waals surface area contributed by atoms with Crippen LogP contribution in [0.2, 0.25) is 0 Å². The SMILES string of the molecule is CN(C)C(=O)c1cc2nccc(=O)n2[nH]1. The minimum Gasteiger partial charge on any atom is -0.343 e. The molecule has 0 radical (unpaired) electrons. The Bertz CT molecular complexity index is 567. The van der Waals surface area contributed by atoms with Crippen molar-refractivity contribution in [2.75, 3.05) is 14.1 Å². The Labute approximate surface area is 85.1 Å². The van der Waals surface area contributed by atoms with Crippen molar-refractivity contribution < 1.29 is 4.79 Å². The number of hydrogen-bond donors (Lipinski definition) is 1. The maximum absolute atomic E-state index is 11.6. The molecule has 6 nitrogen and oxygen atoms in total. The molecule has 15 heavy (non-hydrogen) atoms. The fourth-order valence-corrected chi connectivity index (χ4v) is 1.27. The molecule has 78 valence electrons. The van der Waals surface area contributed by atoms with Gasteiger partial charge in [-0.3, -0.25) is 14.7 Å². The van der Waals surface area contributed by atoms with Crippen LogP contribution in [0.25, 0.3) is 5.65 Å². The highest BCUT2D eigenvalue weighted by molar-refractivity contribution is 5.92. The second-order valence-electron chi connectivity index (χ2n) is 3.35. The molecule has 1 N–H and O–H groups in total. The van der Waals surface area contributed by atoms with Crippen molar-refractivity contribution in [2.24, 2.45) is 0 Å². The number of aromatic nitrogens is 3. The Morgan fingerprint density at radius 2 is 2.27 bits per heavy atom. The molecule has 0 unspecified atom stereocenters. The van der Waals surface area contributed by atoms with Crippen molar-refractivity contribution in [2.45, 2.75) is 0 Å². The number of nitrogens with one attached hydrogen (secondary N) is 1. The largest absolute Gasteiger partial charge is 0.343 e. The van der Waals surface area contributed by atoms with Crippen LogP contribution in [0, 0.1) is 0 Å². The van der Waals surface area contributed by atoms with Crippen molar-refractivity contribution in [3.63, 3.8) is 0 Å². The normalized spacial score (nSPS) is 10.5. The van der Waals surface area contributed by atoms with Gasteiger partial charge in [-0.25, -0.2) is 9.50 Å². The molecule has 2 aromatic heterocycles. The Balaban J connectivity index is 2.62. The van der Waals surface area contributed by atoms with Gasteiger partial charge in [0, 0.05) is 32.4 Å². The molecule has 0 fully saturated rings. The van der Waals surface area contributed by atoms with Gasteiger partial charge in [-0.15, -0.1) is 0 Å². The summed E-state index contributed by atoms with van der Waals surface area (Å²) in [7, 11) is 3.29. The van der Waals surface area contributed by atoms with Crippen molar-refractivity contribution in [1.29, 1.82) is 0 Å². The minimum absolute atomic E-state index is 0.195. The molecule has 0 saturated carbocycles. The molecular formula is C9H10N4O2. The number of fused-ring (bicyclic) bond motifs is 1. The first kappa shape index (κ1) is 9.45. The summed E-state index contributed by atoms with van der Waals surface area (Å²) in [5.41, 5.74) is 0.543. The first-order valence-electron chi connectivity index (χ1n) is 4.38. The van der Waals surface area contributed by atoms with Crippen molar-refractivity contribution in [3.8, 4) is 0 Å². The van der Waals surface area contributed by atoms with Crippen LogP contribution in [-0.2, 0) is 0 Å². The molecule has 0 atom stereocenters. The summed E-state index contributed by atoms with van der Waals surface area (Å²) < 4.78 is 1.23. The maximum atomic E-state index is 11.6. The number of carbonyl (C=O) groups excluding carboxylic acids is 1. The van der Waals surface area contributed by atoms with E-state index in [1.807, 2.05) is 0 Å². The van der Waals surface area contributed by atoms with Gasteiger partial charge in [-0.1, -0.05) is 0 Å². The number of H-pyrrole nitrogens is 1. The lowest BCUT2D eigenvalue weighted by molar-refractivity contribution is 0.0821. The summed E-state index contributed by atoms with van der Waals surface area (Å²) in [6.07, 6.45) is 1.41. The third-order valence-corrected chi connectivity index (χ3v) is 2.02. The molecule has 0 spiro atoms. The van der Waals surface area contributed by atoms with Gasteiger partial charge in [0.1, 0.15) is 5.69 Å². The van der Waals surface area contributed by atoms with Crippen LogP contribution in [0.5, 0.6) is 0 Å². The Kier molecular flexibility index (Phi) is 2.03. The van der Waals surface area contributed by atoms with Crippen LogP contribution in [0.1, 0.15) is 10.5 Å². The van der Waals surface area contributed by atoms with Crippen LogP contribution in [-0.4, -0.2) is 39.5 Å². The van der Waals surface area contributed by atoms with Gasteiger partial charge < -0.3 is 4.90 Å². The maximum Gasteiger partial charge on any atom is 0.272 e. The van der Waals surface area contributed by atoms with E-state index in [1.54, 1.807) is 20.2 Å². The lowest BCUT2D eigenvalue weighted by atomic mass is 10.4. The molecule has 0 aromatic carbocycles. The van der Waals surface area contributed by atoms with Crippen LogP contribution >= 0.6 is 0 Å². The fraction of sp³-hybridized carbons (Fsp3) is 0.222. The Morgan fingerprint density at radius 3 is 2.87 bits per heavy atom. The van der Waals surface area contributed by atoms with E-state index in [4.69, 9.17) is 0 Å². The molecule has 0 aliphatic rings. The lowest BCUT2D eigenvalue weighted by Crippen LogP contribution is -2.22. The Morgan fingerprint density at radius 1 is 1.53 bits per heavy atom. The zero-order valence-corrected chi connectivity index (χ0v) is 8.39. The zero-order valence-electron chi connectivity index (χ0n) is 8.39. The zero-order chi connectivity index (χ0) is 11.0. The monoisotopic (exact) mass is 206 g/mol. The van der Waals surface area contributed by atoms with E-state index in [9.17, 15) is 9.59 Å². The molecule has 2 aromatic rings. The predicted molar refractivity (Wildman–Crippen MR) is 53.8 cm³/mol. The molecular weight excluding hydrogens is 196 g/mol. The van der Waals surface area contributed by atoms with E-state index in [1.165, 1.54) is 21.7 Å². The highest BCUT2D eigenvalue weighted by Crippen LogP contribution is 2.02. The molecule has 0 bridgehead atoms. The van der Waals surface area contributed by atoms with Gasteiger partial charge >= 0.3 is 0 Å². The van der Waals surface area contributed by atoms with Crippen LogP contribution in [0.4, 0.5) is 0 Å². The van der Waals surface area contributed by atoms with Gasteiger partial charge in [0.2, 0.25) is 0 Å². The molecule has 2 rings (SSSR count). The van der Waals surface area contributed by atoms with Crippen molar-refractivity contribution >= 4 is 11.6 Å². The fourth-order valence-electron chi connectivity index (χ4n) is 1.27. The molecule has 0 aliphatic carbocycles. The van der Waals surface area contributed by atoms with E-state index in [0.717, 1.165) is 0 Å². The number of carbonyl (C=O) groups is 1. The number of aromatic amines is 1. The predicted octanol–water partition coefficient (Wildman–Crippen LogP) is -0.276. The highest BCUT2D eigenvalue weighted by atomic mass is 16.2. The number of rotatable bonds is 1. The van der Waals surface area contributed by atoms with Crippen LogP contribution in [0.15, 0.2) is 23.1 Å². The van der Waals surface area contributed by atoms with Gasteiger partial charge in [0.25, 0.3) is 11.5 Å². The topological polar surface area (TPSA) is 70.5 Å². The van der Waals surface area contributed by atoms with Crippen molar-refractivity contribution in [1.82, 2.24) is 19.5 Å². The quantitative estimate of drug-likeness (QED) is 0.697. The first-order chi connectivity index (χ1) is 7.09. The molecule has 0 aliphatic heterocycles. The van der Waals surface area contributed by atoms with E-state index >= 15 is 0 Å². The highest BCUT2D eigenvalue weighted by Gasteiger charge is 2.11. The molecule has 0 saturated heterocycles. The Hall–Kier alpha value is -2.11. The summed E-state index contributed by atoms with van der Waals surface area (Å²) in [5, 5.41) is 2.70. The standard InChI is InChI=1S/C9H10N4O2/c1-12(2)9(15)6-5-7-10-4-3-8(14)13(7)11-6/h3-5,11H,1-2H3. The van der Waals surface area contributed by atoms with Gasteiger partial charge in [0.05, 0.1) is 0 Å². The van der Waals surface area contributed by atoms with Crippen molar-refractivity contribution in [3.05, 3.63) is 34.4 Å². The third-order valence-electron chi connectivity index (χ3n) is 2.02. The molecule has 6 heteroatoms. The average Bonchev–Trinajstić information content (AvgIpc) is 2.61. The van der Waals surface area contributed by atoms with E-state index in [2.05, 4.69) is 10.1 Å². The smallest absolute Gasteiger partial charge is 0.272 e. The lowest BCUT2D eigenvalue weighted by Gasteiger charge is -2.06. The average molecular weight is 206 g/mol. The molecule has 1 amide bonds. The third kappa shape index (κ3) is 1.50. The number of hydrogen-bond acceptors (Lipinski definition) is 3. The number of nitrogens with zero attached hydrogens (tertiary/aromatic N) is 3. The van der Waals surface area contributed by atoms with Gasteiger partial charge in [0.15, 0.2) is 5.65 Å². The summed E-state index contributed by atoms with van der Waals surface area (Å²) >= 11 is 0. The minimum atomic E-state index is -0.238.